The fraction of sp³-hybridized carbons (Fsp3) is 0.125. The lowest BCUT2D eigenvalue weighted by Crippen LogP contribution is -1.98. The molecule has 2 aromatic carbocycles. The molecule has 3 nitrogen and oxygen atoms in total. The van der Waals surface area contributed by atoms with Gasteiger partial charge in [0, 0.05) is 29.3 Å². The van der Waals surface area contributed by atoms with Crippen LogP contribution in [-0.2, 0) is 6.54 Å². The summed E-state index contributed by atoms with van der Waals surface area (Å²) >= 11 is 0. The third kappa shape index (κ3) is 2.27. The van der Waals surface area contributed by atoms with Crippen LogP contribution in [0.5, 0.6) is 5.75 Å². The number of hydrogen-bond donors (Lipinski definition) is 1. The summed E-state index contributed by atoms with van der Waals surface area (Å²) in [6.07, 6.45) is 2.10. The van der Waals surface area contributed by atoms with Gasteiger partial charge in [0.1, 0.15) is 5.75 Å². The van der Waals surface area contributed by atoms with Gasteiger partial charge in [0.25, 0.3) is 0 Å². The number of hydrogen-bond acceptors (Lipinski definition) is 2. The molecule has 3 rings (SSSR count). The van der Waals surface area contributed by atoms with E-state index < -0.39 is 0 Å². The van der Waals surface area contributed by atoms with E-state index >= 15 is 0 Å². The maximum absolute atomic E-state index is 5.70. The van der Waals surface area contributed by atoms with Crippen LogP contribution >= 0.6 is 0 Å². The highest BCUT2D eigenvalue weighted by Gasteiger charge is 2.03. The number of aromatic nitrogens is 1. The van der Waals surface area contributed by atoms with E-state index in [4.69, 9.17) is 10.5 Å². The van der Waals surface area contributed by atoms with E-state index in [0.29, 0.717) is 0 Å². The van der Waals surface area contributed by atoms with Gasteiger partial charge in [-0.05, 0) is 42.0 Å². The molecule has 0 spiro atoms. The molecule has 0 saturated carbocycles. The lowest BCUT2D eigenvalue weighted by atomic mass is 10.2. The lowest BCUT2D eigenvalue weighted by Gasteiger charge is -2.07. The number of benzene rings is 2. The van der Waals surface area contributed by atoms with Crippen LogP contribution in [0, 0.1) is 0 Å². The smallest absolute Gasteiger partial charge is 0.119 e. The fourth-order valence-electron chi connectivity index (χ4n) is 2.26. The zero-order chi connectivity index (χ0) is 13.2. The van der Waals surface area contributed by atoms with Gasteiger partial charge in [-0.2, -0.15) is 0 Å². The van der Waals surface area contributed by atoms with Crippen LogP contribution in [0.2, 0.25) is 0 Å². The van der Waals surface area contributed by atoms with Gasteiger partial charge in [-0.15, -0.1) is 0 Å². The first-order valence-corrected chi connectivity index (χ1v) is 6.23. The molecule has 19 heavy (non-hydrogen) atoms. The van der Waals surface area contributed by atoms with Crippen molar-refractivity contribution in [3.05, 3.63) is 60.3 Å². The molecular formula is C16H16N2O. The van der Waals surface area contributed by atoms with E-state index in [-0.39, 0.29) is 0 Å². The summed E-state index contributed by atoms with van der Waals surface area (Å²) in [5, 5.41) is 1.19. The van der Waals surface area contributed by atoms with E-state index in [0.717, 1.165) is 18.0 Å². The van der Waals surface area contributed by atoms with Gasteiger partial charge in [-0.1, -0.05) is 12.1 Å². The van der Waals surface area contributed by atoms with Gasteiger partial charge < -0.3 is 15.0 Å². The predicted molar refractivity (Wildman–Crippen MR) is 78.4 cm³/mol. The number of nitrogens with two attached hydrogens (primary N) is 1. The minimum absolute atomic E-state index is 0.797. The zero-order valence-corrected chi connectivity index (χ0v) is 10.8. The van der Waals surface area contributed by atoms with Crippen LogP contribution in [0.25, 0.3) is 10.9 Å². The molecule has 0 atom stereocenters. The Morgan fingerprint density at radius 2 is 1.84 bits per heavy atom. The molecule has 0 bridgehead atoms. The quantitative estimate of drug-likeness (QED) is 0.727. The Balaban J connectivity index is 1.95. The van der Waals surface area contributed by atoms with Crippen molar-refractivity contribution in [3.8, 4) is 5.75 Å². The maximum atomic E-state index is 5.70. The van der Waals surface area contributed by atoms with Crippen molar-refractivity contribution in [3.63, 3.8) is 0 Å². The number of nitrogen functional groups attached to an aromatic ring is 1. The molecule has 1 heterocycles. The van der Waals surface area contributed by atoms with E-state index in [1.165, 1.54) is 16.5 Å². The summed E-state index contributed by atoms with van der Waals surface area (Å²) in [6, 6.07) is 16.2. The maximum Gasteiger partial charge on any atom is 0.119 e. The van der Waals surface area contributed by atoms with Crippen molar-refractivity contribution in [2.45, 2.75) is 6.54 Å². The van der Waals surface area contributed by atoms with Gasteiger partial charge in [0.15, 0.2) is 0 Å². The van der Waals surface area contributed by atoms with Crippen LogP contribution in [-0.4, -0.2) is 11.7 Å². The molecule has 0 fully saturated rings. The fourth-order valence-corrected chi connectivity index (χ4v) is 2.26. The monoisotopic (exact) mass is 252 g/mol. The highest BCUT2D eigenvalue weighted by Crippen LogP contribution is 2.22. The van der Waals surface area contributed by atoms with Crippen molar-refractivity contribution in [1.82, 2.24) is 4.57 Å². The largest absolute Gasteiger partial charge is 0.497 e. The molecule has 2 N–H and O–H groups in total. The minimum atomic E-state index is 0.797. The van der Waals surface area contributed by atoms with Crippen LogP contribution < -0.4 is 10.5 Å². The normalized spacial score (nSPS) is 10.8. The molecule has 0 radical (unpaired) electrons. The molecule has 3 heteroatoms. The van der Waals surface area contributed by atoms with Crippen molar-refractivity contribution in [2.24, 2.45) is 0 Å². The Labute approximate surface area is 112 Å². The molecule has 3 aromatic rings. The summed E-state index contributed by atoms with van der Waals surface area (Å²) in [5.41, 5.74) is 8.94. The highest BCUT2D eigenvalue weighted by atomic mass is 16.5. The Kier molecular flexibility index (Phi) is 2.88. The van der Waals surface area contributed by atoms with Crippen LogP contribution in [0.15, 0.2) is 54.7 Å². The number of ether oxygens (including phenoxy) is 1. The Morgan fingerprint density at radius 3 is 2.58 bits per heavy atom. The van der Waals surface area contributed by atoms with Crippen molar-refractivity contribution < 1.29 is 4.74 Å². The van der Waals surface area contributed by atoms with Crippen molar-refractivity contribution in [1.29, 1.82) is 0 Å². The van der Waals surface area contributed by atoms with Gasteiger partial charge in [-0.25, -0.2) is 0 Å². The van der Waals surface area contributed by atoms with E-state index in [1.807, 2.05) is 18.2 Å². The Hall–Kier alpha value is -2.42. The molecule has 1 aromatic heterocycles. The SMILES string of the molecule is COc1ccc2c(ccn2Cc2ccc(N)cc2)c1. The average Bonchev–Trinajstić information content (AvgIpc) is 2.83. The first-order valence-electron chi connectivity index (χ1n) is 6.23. The van der Waals surface area contributed by atoms with Gasteiger partial charge in [0.2, 0.25) is 0 Å². The molecule has 96 valence electrons. The van der Waals surface area contributed by atoms with Crippen LogP contribution in [0.4, 0.5) is 5.69 Å². The Bertz CT molecular complexity index is 698. The minimum Gasteiger partial charge on any atom is -0.497 e. The molecule has 0 unspecified atom stereocenters. The number of fused-ring (bicyclic) bond motifs is 1. The molecule has 0 aliphatic carbocycles. The topological polar surface area (TPSA) is 40.2 Å². The van der Waals surface area contributed by atoms with Crippen LogP contribution in [0.1, 0.15) is 5.56 Å². The first kappa shape index (κ1) is 11.7. The van der Waals surface area contributed by atoms with Crippen molar-refractivity contribution >= 4 is 16.6 Å². The van der Waals surface area contributed by atoms with Gasteiger partial charge >= 0.3 is 0 Å². The van der Waals surface area contributed by atoms with Crippen LogP contribution in [0.3, 0.4) is 0 Å². The van der Waals surface area contributed by atoms with Gasteiger partial charge in [0.05, 0.1) is 7.11 Å². The number of nitrogens with zero attached hydrogens (tertiary/aromatic N) is 1. The lowest BCUT2D eigenvalue weighted by molar-refractivity contribution is 0.415. The summed E-state index contributed by atoms with van der Waals surface area (Å²) in [7, 11) is 1.69. The zero-order valence-electron chi connectivity index (χ0n) is 10.8. The number of methoxy groups -OCH3 is 1. The second kappa shape index (κ2) is 4.69. The third-order valence-corrected chi connectivity index (χ3v) is 3.31. The molecule has 0 aliphatic heterocycles. The number of rotatable bonds is 3. The summed E-state index contributed by atoms with van der Waals surface area (Å²) in [4.78, 5) is 0. The van der Waals surface area contributed by atoms with E-state index in [9.17, 15) is 0 Å². The summed E-state index contributed by atoms with van der Waals surface area (Å²) < 4.78 is 7.46. The molecule has 0 saturated heterocycles. The van der Waals surface area contributed by atoms with Crippen molar-refractivity contribution in [2.75, 3.05) is 12.8 Å². The van der Waals surface area contributed by atoms with E-state index in [2.05, 4.69) is 41.1 Å². The van der Waals surface area contributed by atoms with E-state index in [1.54, 1.807) is 7.11 Å². The highest BCUT2D eigenvalue weighted by molar-refractivity contribution is 5.81. The predicted octanol–water partition coefficient (Wildman–Crippen LogP) is 3.28. The first-order chi connectivity index (χ1) is 9.26. The molecule has 0 aliphatic rings. The van der Waals surface area contributed by atoms with Gasteiger partial charge in [-0.3, -0.25) is 0 Å². The second-order valence-corrected chi connectivity index (χ2v) is 4.61. The molecular weight excluding hydrogens is 236 g/mol. The Morgan fingerprint density at radius 1 is 1.05 bits per heavy atom. The summed E-state index contributed by atoms with van der Waals surface area (Å²) in [6.45, 7) is 0.843. The average molecular weight is 252 g/mol. The summed E-state index contributed by atoms with van der Waals surface area (Å²) in [5.74, 6) is 0.887. The number of anilines is 1. The standard InChI is InChI=1S/C16H16N2O/c1-19-15-6-7-16-13(10-15)8-9-18(16)11-12-2-4-14(17)5-3-12/h2-10H,11,17H2,1H3. The third-order valence-electron chi connectivity index (χ3n) is 3.31. The second-order valence-electron chi connectivity index (χ2n) is 4.61. The molecule has 0 amide bonds.